The van der Waals surface area contributed by atoms with E-state index < -0.39 is 16.0 Å². The van der Waals surface area contributed by atoms with Crippen molar-refractivity contribution >= 4 is 16.0 Å². The lowest BCUT2D eigenvalue weighted by atomic mass is 10.3. The molecule has 0 atom stereocenters. The summed E-state index contributed by atoms with van der Waals surface area (Å²) >= 11 is 0. The van der Waals surface area contributed by atoms with Crippen LogP contribution in [-0.2, 0) is 10.1 Å². The van der Waals surface area contributed by atoms with Crippen LogP contribution < -0.4 is 17.4 Å². The highest BCUT2D eigenvalue weighted by atomic mass is 32.2. The summed E-state index contributed by atoms with van der Waals surface area (Å²) in [6.45, 7) is 6.40. The van der Waals surface area contributed by atoms with Crippen LogP contribution in [0.15, 0.2) is 12.7 Å². The van der Waals surface area contributed by atoms with Gasteiger partial charge in [-0.05, 0) is 11.8 Å². The predicted molar refractivity (Wildman–Crippen MR) is 59.3 cm³/mol. The van der Waals surface area contributed by atoms with Crippen molar-refractivity contribution in [3.05, 3.63) is 12.7 Å². The van der Waals surface area contributed by atoms with Crippen molar-refractivity contribution in [2.24, 2.45) is 5.92 Å². The van der Waals surface area contributed by atoms with Crippen molar-refractivity contribution in [3.63, 3.8) is 0 Å². The molecule has 0 rings (SSSR count). The smallest absolute Gasteiger partial charge is 0.0948 e. The zero-order valence-corrected chi connectivity index (χ0v) is 10.4. The second kappa shape index (κ2) is 11.1. The molecule has 0 unspecified atom stereocenters. The number of nitrogens with one attached hydrogen (secondary N) is 1. The van der Waals surface area contributed by atoms with Crippen molar-refractivity contribution in [2.75, 3.05) is 5.75 Å². The molecule has 7 nitrogen and oxygen atoms in total. The van der Waals surface area contributed by atoms with E-state index in [9.17, 15) is 18.1 Å². The average Bonchev–Trinajstić information content (AvgIpc) is 1.83. The molecule has 0 saturated carbocycles. The first-order valence-electron chi connectivity index (χ1n) is 3.50. The fraction of sp³-hybridized carbons (Fsp3) is 0.571. The first kappa shape index (κ1) is 23.7. The minimum atomic E-state index is -3.97. The maximum atomic E-state index is 9.89. The summed E-state index contributed by atoms with van der Waals surface area (Å²) in [6.07, 6.45) is 0.944. The molecule has 0 aliphatic carbocycles. The minimum absolute atomic E-state index is 0. The Morgan fingerprint density at radius 3 is 1.73 bits per heavy atom. The quantitative estimate of drug-likeness (QED) is 0.370. The monoisotopic (exact) mass is 243 g/mol. The van der Waals surface area contributed by atoms with Crippen LogP contribution in [0.3, 0.4) is 0 Å². The van der Waals surface area contributed by atoms with Crippen molar-refractivity contribution < 1.29 is 18.1 Å². The van der Waals surface area contributed by atoms with Crippen molar-refractivity contribution in [3.8, 4) is 0 Å². The summed E-state index contributed by atoms with van der Waals surface area (Å²) in [5, 5.41) is 15.4. The molecule has 8 heteroatoms. The van der Waals surface area contributed by atoms with Crippen LogP contribution in [0.25, 0.3) is 0 Å². The third-order valence-corrected chi connectivity index (χ3v) is 1.80. The van der Waals surface area contributed by atoms with Crippen LogP contribution in [-0.4, -0.2) is 24.6 Å². The summed E-state index contributed by atoms with van der Waals surface area (Å²) in [7, 11) is -3.97. The Bertz CT molecular complexity index is 261. The van der Waals surface area contributed by atoms with E-state index >= 15 is 0 Å². The number of rotatable bonds is 3. The van der Waals surface area contributed by atoms with E-state index in [0.717, 1.165) is 6.08 Å². The minimum Gasteiger partial charge on any atom is -0.859 e. The van der Waals surface area contributed by atoms with Crippen LogP contribution >= 0.6 is 0 Å². The van der Waals surface area contributed by atoms with Gasteiger partial charge in [0.2, 0.25) is 0 Å². The van der Waals surface area contributed by atoms with E-state index in [1.54, 1.807) is 13.8 Å². The maximum absolute atomic E-state index is 9.89. The van der Waals surface area contributed by atoms with Crippen molar-refractivity contribution in [1.29, 1.82) is 5.41 Å². The highest BCUT2D eigenvalue weighted by Crippen LogP contribution is 1.95. The first-order chi connectivity index (χ1) is 5.69. The molecule has 0 spiro atoms. The Labute approximate surface area is 90.6 Å². The highest BCUT2D eigenvalue weighted by molar-refractivity contribution is 7.85. The van der Waals surface area contributed by atoms with Crippen LogP contribution in [0.5, 0.6) is 0 Å². The van der Waals surface area contributed by atoms with Crippen molar-refractivity contribution in [2.45, 2.75) is 13.8 Å². The van der Waals surface area contributed by atoms with Gasteiger partial charge in [-0.25, -0.2) is 8.42 Å². The third kappa shape index (κ3) is 43.6. The molecule has 0 radical (unpaired) electrons. The zero-order valence-electron chi connectivity index (χ0n) is 9.61. The molecule has 0 aromatic carbocycles. The molecule has 0 saturated heterocycles. The second-order valence-electron chi connectivity index (χ2n) is 2.69. The van der Waals surface area contributed by atoms with Gasteiger partial charge in [-0.2, -0.15) is 0 Å². The van der Waals surface area contributed by atoms with Gasteiger partial charge in [-0.3, -0.25) is 0 Å². The SMILES string of the molecule is C=CC(=N)[O-].CC(C)CS(=O)(=O)[O-].[NH4+].[NH4+]. The van der Waals surface area contributed by atoms with Gasteiger partial charge in [0.05, 0.1) is 10.1 Å². The fourth-order valence-electron chi connectivity index (χ4n) is 0.408. The Morgan fingerprint density at radius 2 is 1.73 bits per heavy atom. The largest absolute Gasteiger partial charge is 0.859 e. The number of hydrogen-bond donors (Lipinski definition) is 3. The molecular formula is C7H21N3O4S. The summed E-state index contributed by atoms with van der Waals surface area (Å²) in [6, 6.07) is 0. The molecule has 0 heterocycles. The Hall–Kier alpha value is -0.960. The van der Waals surface area contributed by atoms with Crippen LogP contribution in [0.4, 0.5) is 0 Å². The molecule has 0 aliphatic heterocycles. The van der Waals surface area contributed by atoms with E-state index in [-0.39, 0.29) is 24.0 Å². The summed E-state index contributed by atoms with van der Waals surface area (Å²) in [4.78, 5) is 0. The van der Waals surface area contributed by atoms with Gasteiger partial charge in [0.25, 0.3) is 0 Å². The van der Waals surface area contributed by atoms with Crippen LogP contribution in [0, 0.1) is 11.3 Å². The number of quaternary nitrogens is 2. The summed E-state index contributed by atoms with van der Waals surface area (Å²) in [5.41, 5.74) is 0. The molecule has 0 amide bonds. The maximum Gasteiger partial charge on any atom is 0.0948 e. The van der Waals surface area contributed by atoms with Crippen LogP contribution in [0.1, 0.15) is 13.8 Å². The molecule has 0 aromatic heterocycles. The van der Waals surface area contributed by atoms with E-state index in [2.05, 4.69) is 6.58 Å². The summed E-state index contributed by atoms with van der Waals surface area (Å²) in [5.74, 6) is -1.05. The van der Waals surface area contributed by atoms with Gasteiger partial charge in [0, 0.05) is 5.75 Å². The van der Waals surface area contributed by atoms with E-state index in [4.69, 9.17) is 5.41 Å². The van der Waals surface area contributed by atoms with Gasteiger partial charge < -0.3 is 27.4 Å². The lowest BCUT2D eigenvalue weighted by molar-refractivity contribution is -0.213. The third-order valence-electron chi connectivity index (χ3n) is 0.723. The van der Waals surface area contributed by atoms with Gasteiger partial charge >= 0.3 is 0 Å². The molecule has 0 aliphatic rings. The zero-order chi connectivity index (χ0) is 11.1. The predicted octanol–water partition coefficient (Wildman–Crippen LogP) is 0.450. The first-order valence-corrected chi connectivity index (χ1v) is 5.08. The lowest BCUT2D eigenvalue weighted by Gasteiger charge is -2.07. The number of hydrogen-bond acceptors (Lipinski definition) is 5. The molecule has 15 heavy (non-hydrogen) atoms. The standard InChI is InChI=1S/C4H10O3S.C3H5NO.2H3N/c1-4(2)3-8(5,6)7;1-2-3(4)5;;/h4H,3H2,1-2H3,(H,5,6,7);2H,1H2,(H2,4,5);2*1H3. The van der Waals surface area contributed by atoms with Gasteiger partial charge in [0.1, 0.15) is 0 Å². The Kier molecular flexibility index (Phi) is 17.6. The molecule has 0 aromatic rings. The fourth-order valence-corrected chi connectivity index (χ4v) is 1.22. The lowest BCUT2D eigenvalue weighted by Crippen LogP contribution is -2.10. The van der Waals surface area contributed by atoms with Gasteiger partial charge in [-0.1, -0.05) is 26.5 Å². The Morgan fingerprint density at radius 1 is 1.47 bits per heavy atom. The van der Waals surface area contributed by atoms with E-state index in [0.29, 0.717) is 0 Å². The topological polar surface area (TPSA) is 177 Å². The normalized spacial score (nSPS) is 8.80. The molecule has 0 bridgehead atoms. The van der Waals surface area contributed by atoms with Gasteiger partial charge in [-0.15, -0.1) is 0 Å². The second-order valence-corrected chi connectivity index (χ2v) is 4.14. The van der Waals surface area contributed by atoms with Crippen LogP contribution in [0.2, 0.25) is 0 Å². The van der Waals surface area contributed by atoms with E-state index in [1.165, 1.54) is 0 Å². The molecule has 9 N–H and O–H groups in total. The summed E-state index contributed by atoms with van der Waals surface area (Å²) < 4.78 is 29.7. The average molecular weight is 243 g/mol. The molecular weight excluding hydrogens is 222 g/mol. The highest BCUT2D eigenvalue weighted by Gasteiger charge is 1.97. The van der Waals surface area contributed by atoms with Crippen molar-refractivity contribution in [1.82, 2.24) is 12.3 Å². The van der Waals surface area contributed by atoms with E-state index in [1.807, 2.05) is 0 Å². The molecule has 0 fully saturated rings. The molecule has 94 valence electrons. The van der Waals surface area contributed by atoms with Gasteiger partial charge in [0.15, 0.2) is 0 Å². The Balaban J connectivity index is -0.0000000770.